The van der Waals surface area contributed by atoms with E-state index in [0.29, 0.717) is 5.02 Å². The van der Waals surface area contributed by atoms with E-state index in [1.165, 1.54) is 5.69 Å². The maximum absolute atomic E-state index is 5.89. The standard InChI is InChI=1S/C14H18BrClN4/c1-4-20-13(14(15)9(2)19-20)7-12(17-3)11-6-5-10(16)8-18-11/h5-6,8,12,17H,4,7H2,1-3H3. The summed E-state index contributed by atoms with van der Waals surface area (Å²) in [5.41, 5.74) is 3.17. The molecule has 6 heteroatoms. The predicted octanol–water partition coefficient (Wildman–Crippen LogP) is 3.53. The van der Waals surface area contributed by atoms with Gasteiger partial charge in [0.1, 0.15) is 0 Å². The second-order valence-corrected chi connectivity index (χ2v) is 5.84. The molecule has 1 N–H and O–H groups in total. The number of hydrogen-bond donors (Lipinski definition) is 1. The minimum absolute atomic E-state index is 0.130. The van der Waals surface area contributed by atoms with Crippen LogP contribution >= 0.6 is 27.5 Å². The van der Waals surface area contributed by atoms with Gasteiger partial charge >= 0.3 is 0 Å². The van der Waals surface area contributed by atoms with Gasteiger partial charge in [0.25, 0.3) is 0 Å². The van der Waals surface area contributed by atoms with Crippen molar-refractivity contribution in [1.82, 2.24) is 20.1 Å². The summed E-state index contributed by atoms with van der Waals surface area (Å²) in [6, 6.07) is 3.95. The van der Waals surface area contributed by atoms with Crippen LogP contribution in [-0.4, -0.2) is 21.8 Å². The quantitative estimate of drug-likeness (QED) is 0.890. The summed E-state index contributed by atoms with van der Waals surface area (Å²) < 4.78 is 3.10. The van der Waals surface area contributed by atoms with Crippen LogP contribution < -0.4 is 5.32 Å². The van der Waals surface area contributed by atoms with Gasteiger partial charge in [-0.1, -0.05) is 11.6 Å². The summed E-state index contributed by atoms with van der Waals surface area (Å²) >= 11 is 9.52. The molecule has 2 aromatic heterocycles. The highest BCUT2D eigenvalue weighted by molar-refractivity contribution is 9.10. The zero-order valence-corrected chi connectivity index (χ0v) is 14.2. The fraction of sp³-hybridized carbons (Fsp3) is 0.429. The molecule has 0 radical (unpaired) electrons. The van der Waals surface area contributed by atoms with Crippen LogP contribution in [0.1, 0.15) is 30.0 Å². The fourth-order valence-electron chi connectivity index (χ4n) is 2.21. The van der Waals surface area contributed by atoms with Gasteiger partial charge in [-0.05, 0) is 49.0 Å². The van der Waals surface area contributed by atoms with Gasteiger partial charge in [0.2, 0.25) is 0 Å². The van der Waals surface area contributed by atoms with Gasteiger partial charge in [-0.15, -0.1) is 0 Å². The lowest BCUT2D eigenvalue weighted by Gasteiger charge is -2.16. The van der Waals surface area contributed by atoms with Crippen molar-refractivity contribution in [1.29, 1.82) is 0 Å². The summed E-state index contributed by atoms with van der Waals surface area (Å²) in [4.78, 5) is 4.40. The van der Waals surface area contributed by atoms with Gasteiger partial charge < -0.3 is 5.32 Å². The van der Waals surface area contributed by atoms with Crippen LogP contribution in [-0.2, 0) is 13.0 Å². The Morgan fingerprint density at radius 1 is 1.45 bits per heavy atom. The summed E-state index contributed by atoms with van der Waals surface area (Å²) in [6.45, 7) is 4.96. The molecular formula is C14H18BrClN4. The highest BCUT2D eigenvalue weighted by Crippen LogP contribution is 2.26. The van der Waals surface area contributed by atoms with E-state index in [2.05, 4.69) is 38.3 Å². The maximum atomic E-state index is 5.89. The molecule has 1 atom stereocenters. The van der Waals surface area contributed by atoms with Crippen LogP contribution in [0.3, 0.4) is 0 Å². The molecule has 0 saturated heterocycles. The van der Waals surface area contributed by atoms with Gasteiger partial charge in [-0.3, -0.25) is 9.67 Å². The topological polar surface area (TPSA) is 42.7 Å². The first kappa shape index (κ1) is 15.5. The van der Waals surface area contributed by atoms with Gasteiger partial charge in [0, 0.05) is 19.2 Å². The van der Waals surface area contributed by atoms with Gasteiger partial charge in [-0.2, -0.15) is 5.10 Å². The summed E-state index contributed by atoms with van der Waals surface area (Å²) in [5.74, 6) is 0. The van der Waals surface area contributed by atoms with Crippen molar-refractivity contribution in [2.24, 2.45) is 0 Å². The normalized spacial score (nSPS) is 12.7. The molecule has 0 aliphatic rings. The largest absolute Gasteiger partial charge is 0.311 e. The van der Waals surface area contributed by atoms with E-state index >= 15 is 0 Å². The Labute approximate surface area is 132 Å². The second-order valence-electron chi connectivity index (χ2n) is 4.61. The highest BCUT2D eigenvalue weighted by Gasteiger charge is 2.18. The Morgan fingerprint density at radius 2 is 2.20 bits per heavy atom. The van der Waals surface area contributed by atoms with Crippen molar-refractivity contribution in [3.8, 4) is 0 Å². The molecular weight excluding hydrogens is 340 g/mol. The van der Waals surface area contributed by atoms with Crippen molar-refractivity contribution in [2.45, 2.75) is 32.9 Å². The second kappa shape index (κ2) is 6.70. The number of halogens is 2. The summed E-state index contributed by atoms with van der Waals surface area (Å²) in [7, 11) is 1.94. The Hall–Kier alpha value is -0.910. The molecule has 20 heavy (non-hydrogen) atoms. The third-order valence-electron chi connectivity index (χ3n) is 3.31. The Bertz CT molecular complexity index is 580. The van der Waals surface area contributed by atoms with E-state index in [4.69, 9.17) is 11.6 Å². The number of nitrogens with one attached hydrogen (secondary N) is 1. The molecule has 2 heterocycles. The molecule has 0 amide bonds. The average molecular weight is 358 g/mol. The lowest BCUT2D eigenvalue weighted by Crippen LogP contribution is -2.21. The summed E-state index contributed by atoms with van der Waals surface area (Å²) in [6.07, 6.45) is 2.50. The first-order valence-electron chi connectivity index (χ1n) is 6.57. The molecule has 0 aliphatic heterocycles. The maximum Gasteiger partial charge on any atom is 0.0738 e. The van der Waals surface area contributed by atoms with Crippen molar-refractivity contribution in [3.05, 3.63) is 44.9 Å². The molecule has 0 bridgehead atoms. The number of aryl methyl sites for hydroxylation is 2. The lowest BCUT2D eigenvalue weighted by atomic mass is 10.1. The van der Waals surface area contributed by atoms with Gasteiger partial charge in [0.15, 0.2) is 0 Å². The molecule has 2 aromatic rings. The zero-order valence-electron chi connectivity index (χ0n) is 11.8. The van der Waals surface area contributed by atoms with Gasteiger partial charge in [-0.25, -0.2) is 0 Å². The SMILES string of the molecule is CCn1nc(C)c(Br)c1CC(NC)c1ccc(Cl)cn1. The van der Waals surface area contributed by atoms with E-state index in [0.717, 1.165) is 28.8 Å². The minimum atomic E-state index is 0.130. The number of rotatable bonds is 5. The first-order chi connectivity index (χ1) is 9.56. The van der Waals surface area contributed by atoms with Gasteiger partial charge in [0.05, 0.1) is 32.6 Å². The van der Waals surface area contributed by atoms with E-state index in [-0.39, 0.29) is 6.04 Å². The number of hydrogen-bond acceptors (Lipinski definition) is 3. The molecule has 0 spiro atoms. The molecule has 0 saturated carbocycles. The molecule has 0 fully saturated rings. The van der Waals surface area contributed by atoms with Crippen LogP contribution in [0, 0.1) is 6.92 Å². The number of likely N-dealkylation sites (N-methyl/N-ethyl adjacent to an activating group) is 1. The van der Waals surface area contributed by atoms with Crippen molar-refractivity contribution < 1.29 is 0 Å². The van der Waals surface area contributed by atoms with Crippen LogP contribution in [0.15, 0.2) is 22.8 Å². The van der Waals surface area contributed by atoms with E-state index in [1.54, 1.807) is 6.20 Å². The number of aromatic nitrogens is 3. The van der Waals surface area contributed by atoms with Crippen LogP contribution in [0.5, 0.6) is 0 Å². The van der Waals surface area contributed by atoms with Crippen molar-refractivity contribution in [2.75, 3.05) is 7.05 Å². The number of pyridine rings is 1. The van der Waals surface area contributed by atoms with E-state index in [9.17, 15) is 0 Å². The molecule has 2 rings (SSSR count). The zero-order chi connectivity index (χ0) is 14.7. The smallest absolute Gasteiger partial charge is 0.0738 e. The molecule has 0 aromatic carbocycles. The average Bonchev–Trinajstić information content (AvgIpc) is 2.73. The molecule has 0 aliphatic carbocycles. The third-order valence-corrected chi connectivity index (χ3v) is 4.56. The minimum Gasteiger partial charge on any atom is -0.311 e. The molecule has 1 unspecified atom stereocenters. The number of nitrogens with zero attached hydrogens (tertiary/aromatic N) is 3. The highest BCUT2D eigenvalue weighted by atomic mass is 79.9. The third kappa shape index (κ3) is 3.22. The Balaban J connectivity index is 2.28. The van der Waals surface area contributed by atoms with Crippen LogP contribution in [0.4, 0.5) is 0 Å². The lowest BCUT2D eigenvalue weighted by molar-refractivity contribution is 0.530. The summed E-state index contributed by atoms with van der Waals surface area (Å²) in [5, 5.41) is 8.48. The van der Waals surface area contributed by atoms with Crippen molar-refractivity contribution in [3.63, 3.8) is 0 Å². The Morgan fingerprint density at radius 3 is 2.75 bits per heavy atom. The van der Waals surface area contributed by atoms with Crippen LogP contribution in [0.25, 0.3) is 0 Å². The monoisotopic (exact) mass is 356 g/mol. The first-order valence-corrected chi connectivity index (χ1v) is 7.74. The Kier molecular flexibility index (Phi) is 5.18. The van der Waals surface area contributed by atoms with Crippen molar-refractivity contribution >= 4 is 27.5 Å². The predicted molar refractivity (Wildman–Crippen MR) is 85.1 cm³/mol. The molecule has 108 valence electrons. The van der Waals surface area contributed by atoms with E-state index < -0.39 is 0 Å². The molecule has 4 nitrogen and oxygen atoms in total. The van der Waals surface area contributed by atoms with E-state index in [1.807, 2.05) is 30.8 Å². The van der Waals surface area contributed by atoms with Crippen LogP contribution in [0.2, 0.25) is 5.02 Å². The fourth-order valence-corrected chi connectivity index (χ4v) is 2.76.